The molecule has 106 valence electrons. The van der Waals surface area contributed by atoms with E-state index in [2.05, 4.69) is 59.2 Å². The van der Waals surface area contributed by atoms with E-state index in [4.69, 9.17) is 0 Å². The summed E-state index contributed by atoms with van der Waals surface area (Å²) < 4.78 is 2.29. The van der Waals surface area contributed by atoms with Gasteiger partial charge in [0.2, 0.25) is 0 Å². The lowest BCUT2D eigenvalue weighted by atomic mass is 10.1. The highest BCUT2D eigenvalue weighted by Gasteiger charge is 2.22. The van der Waals surface area contributed by atoms with E-state index in [0.29, 0.717) is 11.3 Å². The zero-order valence-corrected chi connectivity index (χ0v) is 12.9. The van der Waals surface area contributed by atoms with Gasteiger partial charge in [0.25, 0.3) is 0 Å². The highest BCUT2D eigenvalue weighted by Crippen LogP contribution is 2.37. The summed E-state index contributed by atoms with van der Waals surface area (Å²) in [6.07, 6.45) is 5.17. The number of rotatable bonds is 5. The fourth-order valence-electron chi connectivity index (χ4n) is 2.54. The van der Waals surface area contributed by atoms with E-state index in [1.54, 1.807) is 0 Å². The first kappa shape index (κ1) is 13.7. The molecule has 1 aromatic heterocycles. The van der Waals surface area contributed by atoms with Crippen molar-refractivity contribution in [2.45, 2.75) is 49.5 Å². The minimum absolute atomic E-state index is 0.491. The van der Waals surface area contributed by atoms with Gasteiger partial charge in [0.15, 0.2) is 0 Å². The predicted octanol–water partition coefficient (Wildman–Crippen LogP) is 3.10. The maximum absolute atomic E-state index is 4.47. The number of benzene rings is 1. The van der Waals surface area contributed by atoms with Crippen molar-refractivity contribution in [1.29, 1.82) is 0 Å². The molecule has 1 aliphatic rings. The van der Waals surface area contributed by atoms with E-state index in [0.717, 1.165) is 25.3 Å². The molecule has 0 spiro atoms. The summed E-state index contributed by atoms with van der Waals surface area (Å²) in [5.74, 6) is 1.13. The minimum Gasteiger partial charge on any atom is -0.333 e. The van der Waals surface area contributed by atoms with Gasteiger partial charge in [-0.25, -0.2) is 4.98 Å². The van der Waals surface area contributed by atoms with Crippen LogP contribution in [0.2, 0.25) is 0 Å². The quantitative estimate of drug-likeness (QED) is 0.916. The summed E-state index contributed by atoms with van der Waals surface area (Å²) in [6.45, 7) is 6.21. The number of nitrogens with zero attached hydrogens (tertiary/aromatic N) is 2. The Morgan fingerprint density at radius 3 is 3.05 bits per heavy atom. The van der Waals surface area contributed by atoms with Crippen LogP contribution in [-0.2, 0) is 19.5 Å². The normalized spacial score (nSPS) is 17.6. The van der Waals surface area contributed by atoms with Crippen LogP contribution in [0.25, 0.3) is 0 Å². The molecule has 3 nitrogen and oxygen atoms in total. The molecule has 0 saturated heterocycles. The van der Waals surface area contributed by atoms with Crippen LogP contribution in [0.1, 0.15) is 25.2 Å². The maximum atomic E-state index is 4.47. The Labute approximate surface area is 124 Å². The van der Waals surface area contributed by atoms with E-state index in [-0.39, 0.29) is 0 Å². The molecule has 2 aromatic rings. The summed E-state index contributed by atoms with van der Waals surface area (Å²) in [5, 5.41) is 4.06. The van der Waals surface area contributed by atoms with Gasteiger partial charge < -0.3 is 9.88 Å². The highest BCUT2D eigenvalue weighted by molar-refractivity contribution is 8.00. The van der Waals surface area contributed by atoms with E-state index in [9.17, 15) is 0 Å². The van der Waals surface area contributed by atoms with Crippen LogP contribution in [0.15, 0.2) is 41.6 Å². The van der Waals surface area contributed by atoms with Crippen molar-refractivity contribution in [2.75, 3.05) is 0 Å². The molecule has 3 rings (SSSR count). The van der Waals surface area contributed by atoms with Gasteiger partial charge in [-0.05, 0) is 18.1 Å². The smallest absolute Gasteiger partial charge is 0.122 e. The molecule has 1 aromatic carbocycles. The molecule has 0 bridgehead atoms. The SMILES string of the molecule is CC(C)NCc1nccn1CC1Cc2ccccc2S1. The third-order valence-corrected chi connectivity index (χ3v) is 4.89. The fraction of sp³-hybridized carbons (Fsp3) is 0.438. The number of thioether (sulfide) groups is 1. The van der Waals surface area contributed by atoms with Crippen LogP contribution >= 0.6 is 11.8 Å². The predicted molar refractivity (Wildman–Crippen MR) is 84.0 cm³/mol. The zero-order valence-electron chi connectivity index (χ0n) is 12.0. The van der Waals surface area contributed by atoms with Gasteiger partial charge in [0.05, 0.1) is 6.54 Å². The van der Waals surface area contributed by atoms with Gasteiger partial charge >= 0.3 is 0 Å². The van der Waals surface area contributed by atoms with Crippen molar-refractivity contribution >= 4 is 11.8 Å². The molecule has 1 atom stereocenters. The Morgan fingerprint density at radius 2 is 2.25 bits per heavy atom. The topological polar surface area (TPSA) is 29.9 Å². The number of hydrogen-bond acceptors (Lipinski definition) is 3. The summed E-state index contributed by atoms with van der Waals surface area (Å²) in [4.78, 5) is 5.91. The van der Waals surface area contributed by atoms with Gasteiger partial charge in [0, 0.05) is 35.1 Å². The second-order valence-electron chi connectivity index (χ2n) is 5.58. The average Bonchev–Trinajstić information content (AvgIpc) is 3.02. The van der Waals surface area contributed by atoms with Crippen LogP contribution in [0.3, 0.4) is 0 Å². The molecule has 4 heteroatoms. The summed E-state index contributed by atoms with van der Waals surface area (Å²) in [6, 6.07) is 9.23. The molecule has 0 radical (unpaired) electrons. The van der Waals surface area contributed by atoms with Crippen LogP contribution in [0, 0.1) is 0 Å². The van der Waals surface area contributed by atoms with Crippen molar-refractivity contribution < 1.29 is 0 Å². The van der Waals surface area contributed by atoms with E-state index >= 15 is 0 Å². The maximum Gasteiger partial charge on any atom is 0.122 e. The molecule has 1 aliphatic heterocycles. The molecule has 0 amide bonds. The standard InChI is InChI=1S/C16H21N3S/c1-12(2)18-10-16-17-7-8-19(16)11-14-9-13-5-3-4-6-15(13)20-14/h3-8,12,14,18H,9-11H2,1-2H3. The Kier molecular flexibility index (Phi) is 4.13. The van der Waals surface area contributed by atoms with Crippen molar-refractivity contribution in [3.63, 3.8) is 0 Å². The van der Waals surface area contributed by atoms with Crippen LogP contribution in [0.4, 0.5) is 0 Å². The molecule has 0 aliphatic carbocycles. The van der Waals surface area contributed by atoms with E-state index in [1.165, 1.54) is 10.5 Å². The molecule has 1 N–H and O–H groups in total. The molecular weight excluding hydrogens is 266 g/mol. The molecule has 20 heavy (non-hydrogen) atoms. The Bertz CT molecular complexity index is 552. The monoisotopic (exact) mass is 287 g/mol. The van der Waals surface area contributed by atoms with E-state index < -0.39 is 0 Å². The van der Waals surface area contributed by atoms with E-state index in [1.807, 2.05) is 18.0 Å². The first-order valence-corrected chi connectivity index (χ1v) is 8.08. The molecule has 0 fully saturated rings. The zero-order chi connectivity index (χ0) is 13.9. The lowest BCUT2D eigenvalue weighted by molar-refractivity contribution is 0.540. The lowest BCUT2D eigenvalue weighted by Gasteiger charge is -2.14. The second kappa shape index (κ2) is 6.02. The van der Waals surface area contributed by atoms with Gasteiger partial charge in [0.1, 0.15) is 5.82 Å². The van der Waals surface area contributed by atoms with Crippen molar-refractivity contribution in [2.24, 2.45) is 0 Å². The average molecular weight is 287 g/mol. The number of aromatic nitrogens is 2. The number of nitrogens with one attached hydrogen (secondary N) is 1. The van der Waals surface area contributed by atoms with Crippen molar-refractivity contribution in [3.05, 3.63) is 48.0 Å². The third-order valence-electron chi connectivity index (χ3n) is 3.58. The number of fused-ring (bicyclic) bond motifs is 1. The van der Waals surface area contributed by atoms with Gasteiger partial charge in [-0.1, -0.05) is 32.0 Å². The van der Waals surface area contributed by atoms with Crippen molar-refractivity contribution in [1.82, 2.24) is 14.9 Å². The fourth-order valence-corrected chi connectivity index (χ4v) is 3.86. The summed E-state index contributed by atoms with van der Waals surface area (Å²) >= 11 is 2.00. The number of hydrogen-bond donors (Lipinski definition) is 1. The van der Waals surface area contributed by atoms with Gasteiger partial charge in [-0.3, -0.25) is 0 Å². The van der Waals surface area contributed by atoms with Crippen LogP contribution in [0.5, 0.6) is 0 Å². The van der Waals surface area contributed by atoms with Crippen molar-refractivity contribution in [3.8, 4) is 0 Å². The molecular formula is C16H21N3S. The lowest BCUT2D eigenvalue weighted by Crippen LogP contribution is -2.25. The second-order valence-corrected chi connectivity index (χ2v) is 6.93. The molecule has 0 saturated carbocycles. The minimum atomic E-state index is 0.491. The van der Waals surface area contributed by atoms with Crippen LogP contribution in [-0.4, -0.2) is 20.8 Å². The first-order valence-electron chi connectivity index (χ1n) is 7.20. The molecule has 1 unspecified atom stereocenters. The Hall–Kier alpha value is -1.26. The van der Waals surface area contributed by atoms with Gasteiger partial charge in [-0.2, -0.15) is 0 Å². The third kappa shape index (κ3) is 3.07. The van der Waals surface area contributed by atoms with Gasteiger partial charge in [-0.15, -0.1) is 11.8 Å². The summed E-state index contributed by atoms with van der Waals surface area (Å²) in [7, 11) is 0. The summed E-state index contributed by atoms with van der Waals surface area (Å²) in [5.41, 5.74) is 1.49. The largest absolute Gasteiger partial charge is 0.333 e. The Morgan fingerprint density at radius 1 is 1.40 bits per heavy atom. The number of imidazole rings is 1. The molecule has 2 heterocycles. The first-order chi connectivity index (χ1) is 9.72. The highest BCUT2D eigenvalue weighted by atomic mass is 32.2. The van der Waals surface area contributed by atoms with Crippen LogP contribution < -0.4 is 5.32 Å². The Balaban J connectivity index is 1.64.